The first-order valence-electron chi connectivity index (χ1n) is 12.7. The van der Waals surface area contributed by atoms with E-state index in [-0.39, 0.29) is 42.8 Å². The van der Waals surface area contributed by atoms with E-state index in [0.29, 0.717) is 19.3 Å². The lowest BCUT2D eigenvalue weighted by Gasteiger charge is -2.26. The molecule has 3 atom stereocenters. The quantitative estimate of drug-likeness (QED) is 0.228. The second-order valence-corrected chi connectivity index (χ2v) is 9.69. The molecule has 9 heteroatoms. The van der Waals surface area contributed by atoms with Gasteiger partial charge in [0, 0.05) is 12.8 Å². The summed E-state index contributed by atoms with van der Waals surface area (Å²) in [4.78, 5) is 38.8. The predicted octanol–water partition coefficient (Wildman–Crippen LogP) is 2.18. The number of aliphatic hydroxyl groups excluding tert-OH is 1. The van der Waals surface area contributed by atoms with Crippen molar-refractivity contribution in [1.82, 2.24) is 16.0 Å². The van der Waals surface area contributed by atoms with Crippen molar-refractivity contribution in [3.63, 3.8) is 0 Å². The fourth-order valence-electron chi connectivity index (χ4n) is 3.93. The Balaban J connectivity index is 2.14. The first kappa shape index (κ1) is 29.6. The molecule has 0 unspecified atom stereocenters. The predicted molar refractivity (Wildman–Crippen MR) is 141 cm³/mol. The SMILES string of the molecule is CCCC(=O)N[C@@H](Cc1ccc(O)cc1)C(=O)N[C@@H](CC(C)C)C(=O)N[C@H](CO)Cc1ccc(O)cc1. The number of rotatable bonds is 14. The van der Waals surface area contributed by atoms with E-state index >= 15 is 0 Å². The van der Waals surface area contributed by atoms with Crippen molar-refractivity contribution in [1.29, 1.82) is 0 Å². The number of aromatic hydroxyl groups is 2. The monoisotopic (exact) mass is 513 g/mol. The molecular weight excluding hydrogens is 474 g/mol. The number of phenolic OH excluding ortho intramolecular Hbond substituents is 2. The van der Waals surface area contributed by atoms with Gasteiger partial charge in [-0.1, -0.05) is 45.0 Å². The van der Waals surface area contributed by atoms with E-state index in [1.165, 1.54) is 24.3 Å². The number of carbonyl (C=O) groups is 3. The number of phenols is 2. The number of hydrogen-bond acceptors (Lipinski definition) is 6. The molecule has 0 aliphatic heterocycles. The Morgan fingerprint density at radius 2 is 1.27 bits per heavy atom. The molecule has 0 saturated heterocycles. The number of amides is 3. The highest BCUT2D eigenvalue weighted by Gasteiger charge is 2.28. The highest BCUT2D eigenvalue weighted by Crippen LogP contribution is 2.14. The number of carbonyl (C=O) groups excluding carboxylic acids is 3. The van der Waals surface area contributed by atoms with E-state index in [2.05, 4.69) is 16.0 Å². The van der Waals surface area contributed by atoms with E-state index in [1.54, 1.807) is 24.3 Å². The molecular formula is C28H39N3O6. The average molecular weight is 514 g/mol. The van der Waals surface area contributed by atoms with Crippen molar-refractivity contribution >= 4 is 17.7 Å². The van der Waals surface area contributed by atoms with Gasteiger partial charge in [0.25, 0.3) is 0 Å². The summed E-state index contributed by atoms with van der Waals surface area (Å²) < 4.78 is 0. The summed E-state index contributed by atoms with van der Waals surface area (Å²) in [7, 11) is 0. The van der Waals surface area contributed by atoms with Crippen molar-refractivity contribution < 1.29 is 29.7 Å². The fraction of sp³-hybridized carbons (Fsp3) is 0.464. The maximum atomic E-state index is 13.3. The Hall–Kier alpha value is -3.59. The van der Waals surface area contributed by atoms with Crippen molar-refractivity contribution in [3.8, 4) is 11.5 Å². The molecule has 37 heavy (non-hydrogen) atoms. The van der Waals surface area contributed by atoms with E-state index in [1.807, 2.05) is 20.8 Å². The van der Waals surface area contributed by atoms with Crippen molar-refractivity contribution in [2.75, 3.05) is 6.61 Å². The number of nitrogens with one attached hydrogen (secondary N) is 3. The third kappa shape index (κ3) is 10.5. The minimum atomic E-state index is -0.906. The molecule has 2 aromatic rings. The van der Waals surface area contributed by atoms with Crippen LogP contribution in [0.3, 0.4) is 0 Å². The van der Waals surface area contributed by atoms with Gasteiger partial charge in [-0.15, -0.1) is 0 Å². The molecule has 0 bridgehead atoms. The normalized spacial score (nSPS) is 13.4. The van der Waals surface area contributed by atoms with Gasteiger partial charge >= 0.3 is 0 Å². The van der Waals surface area contributed by atoms with Gasteiger partial charge in [0.2, 0.25) is 17.7 Å². The fourth-order valence-corrected chi connectivity index (χ4v) is 3.93. The van der Waals surface area contributed by atoms with Crippen molar-refractivity contribution in [2.24, 2.45) is 5.92 Å². The molecule has 0 fully saturated rings. The Kier molecular flexibility index (Phi) is 11.9. The zero-order valence-electron chi connectivity index (χ0n) is 21.7. The van der Waals surface area contributed by atoms with Crippen LogP contribution in [0.5, 0.6) is 11.5 Å². The smallest absolute Gasteiger partial charge is 0.243 e. The van der Waals surface area contributed by atoms with Crippen LogP contribution in [0, 0.1) is 5.92 Å². The summed E-state index contributed by atoms with van der Waals surface area (Å²) in [6.07, 6.45) is 1.80. The number of aliphatic hydroxyl groups is 1. The second-order valence-electron chi connectivity index (χ2n) is 9.69. The molecule has 0 aromatic heterocycles. The van der Waals surface area contributed by atoms with Crippen LogP contribution in [0.4, 0.5) is 0 Å². The minimum Gasteiger partial charge on any atom is -0.508 e. The highest BCUT2D eigenvalue weighted by atomic mass is 16.3. The Bertz CT molecular complexity index is 1010. The first-order valence-corrected chi connectivity index (χ1v) is 12.7. The van der Waals surface area contributed by atoms with Gasteiger partial charge in [-0.05, 0) is 60.6 Å². The van der Waals surface area contributed by atoms with Gasteiger partial charge in [-0.2, -0.15) is 0 Å². The molecule has 0 aliphatic carbocycles. The van der Waals surface area contributed by atoms with E-state index < -0.39 is 29.9 Å². The summed E-state index contributed by atoms with van der Waals surface area (Å²) >= 11 is 0. The Morgan fingerprint density at radius 1 is 0.757 bits per heavy atom. The number of benzene rings is 2. The molecule has 202 valence electrons. The lowest BCUT2D eigenvalue weighted by atomic mass is 10.00. The van der Waals surface area contributed by atoms with Gasteiger partial charge < -0.3 is 31.3 Å². The van der Waals surface area contributed by atoms with E-state index in [9.17, 15) is 29.7 Å². The Morgan fingerprint density at radius 3 is 1.76 bits per heavy atom. The molecule has 0 aliphatic rings. The van der Waals surface area contributed by atoms with Gasteiger partial charge in [-0.3, -0.25) is 14.4 Å². The van der Waals surface area contributed by atoms with Crippen LogP contribution in [-0.2, 0) is 27.2 Å². The summed E-state index contributed by atoms with van der Waals surface area (Å²) in [6, 6.07) is 10.5. The summed E-state index contributed by atoms with van der Waals surface area (Å²) in [5.41, 5.74) is 1.57. The Labute approximate surface area is 218 Å². The van der Waals surface area contributed by atoms with Crippen molar-refractivity contribution in [3.05, 3.63) is 59.7 Å². The lowest BCUT2D eigenvalue weighted by Crippen LogP contribution is -2.56. The lowest BCUT2D eigenvalue weighted by molar-refractivity contribution is -0.132. The van der Waals surface area contributed by atoms with Crippen LogP contribution in [0.25, 0.3) is 0 Å². The van der Waals surface area contributed by atoms with Crippen LogP contribution in [0.1, 0.15) is 51.2 Å². The van der Waals surface area contributed by atoms with Gasteiger partial charge in [0.15, 0.2) is 0 Å². The van der Waals surface area contributed by atoms with Crippen molar-refractivity contribution in [2.45, 2.75) is 71.0 Å². The summed E-state index contributed by atoms with van der Waals surface area (Å²) in [5, 5.41) is 37.2. The van der Waals surface area contributed by atoms with Crippen LogP contribution in [0.15, 0.2) is 48.5 Å². The van der Waals surface area contributed by atoms with Gasteiger partial charge in [0.1, 0.15) is 23.6 Å². The molecule has 3 amide bonds. The van der Waals surface area contributed by atoms with Crippen LogP contribution in [0.2, 0.25) is 0 Å². The maximum absolute atomic E-state index is 13.3. The van der Waals surface area contributed by atoms with Crippen LogP contribution in [-0.4, -0.2) is 57.8 Å². The molecule has 2 rings (SSSR count). The standard InChI is InChI=1S/C28H39N3O6/c1-4-5-26(35)30-25(16-20-8-12-23(34)13-9-20)28(37)31-24(14-18(2)3)27(36)29-21(17-32)15-19-6-10-22(33)11-7-19/h6-13,18,21,24-25,32-34H,4-5,14-17H2,1-3H3,(H,29,36)(H,30,35)(H,31,37)/t21-,24-,25-/m0/s1. The molecule has 0 spiro atoms. The third-order valence-corrected chi connectivity index (χ3v) is 5.83. The van der Waals surface area contributed by atoms with Crippen LogP contribution >= 0.6 is 0 Å². The summed E-state index contributed by atoms with van der Waals surface area (Å²) in [6.45, 7) is 5.44. The van der Waals surface area contributed by atoms with E-state index in [4.69, 9.17) is 0 Å². The highest BCUT2D eigenvalue weighted by molar-refractivity contribution is 5.92. The third-order valence-electron chi connectivity index (χ3n) is 5.83. The number of hydrogen-bond donors (Lipinski definition) is 6. The summed E-state index contributed by atoms with van der Waals surface area (Å²) in [5.74, 6) is -0.868. The average Bonchev–Trinajstić information content (AvgIpc) is 2.85. The zero-order chi connectivity index (χ0) is 27.4. The van der Waals surface area contributed by atoms with Gasteiger partial charge in [-0.25, -0.2) is 0 Å². The zero-order valence-corrected chi connectivity index (χ0v) is 21.7. The topological polar surface area (TPSA) is 148 Å². The second kappa shape index (κ2) is 14.8. The molecule has 2 aromatic carbocycles. The molecule has 0 radical (unpaired) electrons. The molecule has 0 saturated carbocycles. The largest absolute Gasteiger partial charge is 0.508 e. The molecule has 6 N–H and O–H groups in total. The van der Waals surface area contributed by atoms with Gasteiger partial charge in [0.05, 0.1) is 12.6 Å². The van der Waals surface area contributed by atoms with E-state index in [0.717, 1.165) is 11.1 Å². The minimum absolute atomic E-state index is 0.0888. The molecule has 9 nitrogen and oxygen atoms in total. The molecule has 0 heterocycles. The van der Waals surface area contributed by atoms with Crippen LogP contribution < -0.4 is 16.0 Å². The maximum Gasteiger partial charge on any atom is 0.243 e. The first-order chi connectivity index (χ1) is 17.6.